The van der Waals surface area contributed by atoms with Gasteiger partial charge in [0, 0.05) is 11.9 Å². The summed E-state index contributed by atoms with van der Waals surface area (Å²) in [7, 11) is 1.13. The van der Waals surface area contributed by atoms with Gasteiger partial charge in [0.05, 0.1) is 35.8 Å². The van der Waals surface area contributed by atoms with Crippen LogP contribution >= 0.6 is 11.3 Å². The molecule has 2 aromatic heterocycles. The minimum absolute atomic E-state index is 0.0340. The Morgan fingerprint density at radius 3 is 2.62 bits per heavy atom. The fourth-order valence-electron chi connectivity index (χ4n) is 3.26. The smallest absolute Gasteiger partial charge is 0.407 e. The Labute approximate surface area is 216 Å². The second kappa shape index (κ2) is 11.5. The van der Waals surface area contributed by atoms with Crippen LogP contribution in [-0.2, 0) is 20.8 Å². The van der Waals surface area contributed by atoms with Crippen molar-refractivity contribution in [1.29, 1.82) is 5.26 Å². The van der Waals surface area contributed by atoms with E-state index in [-0.39, 0.29) is 28.4 Å². The first-order chi connectivity index (χ1) is 17.5. The minimum atomic E-state index is -1.26. The number of nitriles is 1. The third-order valence-electron chi connectivity index (χ3n) is 4.94. The zero-order valence-corrected chi connectivity index (χ0v) is 21.4. The van der Waals surface area contributed by atoms with E-state index in [0.29, 0.717) is 0 Å². The number of carbonyl (C=O) groups is 4. The van der Waals surface area contributed by atoms with Gasteiger partial charge in [-0.3, -0.25) is 14.7 Å². The van der Waals surface area contributed by atoms with E-state index in [1.807, 2.05) is 24.3 Å². The Hall–Kier alpha value is -4.44. The highest BCUT2D eigenvalue weighted by Gasteiger charge is 2.27. The second-order valence-electron chi connectivity index (χ2n) is 8.83. The first-order valence-corrected chi connectivity index (χ1v) is 11.9. The molecule has 0 bridgehead atoms. The number of alkyl carbamates (subject to hydrolysis) is 1. The number of nitrogens with zero attached hydrogens (tertiary/aromatic N) is 2. The predicted molar refractivity (Wildman–Crippen MR) is 134 cm³/mol. The number of hydrogen-bond acceptors (Lipinski definition) is 9. The summed E-state index contributed by atoms with van der Waals surface area (Å²) in [4.78, 5) is 49.9. The van der Waals surface area contributed by atoms with Gasteiger partial charge in [-0.15, -0.1) is 11.3 Å². The zero-order chi connectivity index (χ0) is 27.2. The van der Waals surface area contributed by atoms with E-state index in [4.69, 9.17) is 9.47 Å². The van der Waals surface area contributed by atoms with Crippen molar-refractivity contribution < 1.29 is 28.7 Å². The molecule has 1 aromatic carbocycles. The van der Waals surface area contributed by atoms with Crippen molar-refractivity contribution in [2.45, 2.75) is 39.0 Å². The summed E-state index contributed by atoms with van der Waals surface area (Å²) >= 11 is 0.805. The monoisotopic (exact) mass is 526 g/mol. The fraction of sp³-hybridized carbons (Fsp3) is 0.333. The number of carbonyl (C=O) groups excluding carboxylic acids is 4. The molecule has 4 N–H and O–H groups in total. The van der Waals surface area contributed by atoms with Crippen LogP contribution in [0.15, 0.2) is 30.5 Å². The molecule has 3 amide bonds. The Kier molecular flexibility index (Phi) is 8.46. The molecule has 3 rings (SSSR count). The maximum absolute atomic E-state index is 12.9. The van der Waals surface area contributed by atoms with Crippen molar-refractivity contribution in [3.8, 4) is 6.07 Å². The number of amides is 3. The van der Waals surface area contributed by atoms with Gasteiger partial charge in [-0.1, -0.05) is 12.1 Å². The van der Waals surface area contributed by atoms with Crippen molar-refractivity contribution in [1.82, 2.24) is 26.1 Å². The molecular formula is C24H26N6O6S. The molecule has 0 saturated heterocycles. The number of H-pyrrole nitrogens is 1. The molecule has 0 fully saturated rings. The Morgan fingerprint density at radius 2 is 1.95 bits per heavy atom. The number of thiophene rings is 1. The average Bonchev–Trinajstić information content (AvgIpc) is 3.51. The van der Waals surface area contributed by atoms with Gasteiger partial charge in [0.2, 0.25) is 0 Å². The molecule has 13 heteroatoms. The lowest BCUT2D eigenvalue weighted by atomic mass is 10.1. The van der Waals surface area contributed by atoms with Crippen LogP contribution in [0.2, 0.25) is 0 Å². The van der Waals surface area contributed by atoms with E-state index in [2.05, 4.69) is 26.1 Å². The van der Waals surface area contributed by atoms with Crippen molar-refractivity contribution in [3.05, 3.63) is 51.3 Å². The number of esters is 1. The van der Waals surface area contributed by atoms with E-state index < -0.39 is 35.5 Å². The second-order valence-corrected chi connectivity index (χ2v) is 9.88. The molecule has 0 spiro atoms. The fourth-order valence-corrected chi connectivity index (χ4v) is 4.19. The lowest BCUT2D eigenvalue weighted by molar-refractivity contribution is -0.142. The summed E-state index contributed by atoms with van der Waals surface area (Å²) in [5.74, 6) is -2.06. The van der Waals surface area contributed by atoms with E-state index in [9.17, 15) is 24.4 Å². The highest BCUT2D eigenvalue weighted by molar-refractivity contribution is 7.16. The van der Waals surface area contributed by atoms with E-state index in [1.54, 1.807) is 27.0 Å². The summed E-state index contributed by atoms with van der Waals surface area (Å²) in [6.45, 7) is 4.93. The van der Waals surface area contributed by atoms with Gasteiger partial charge in [-0.2, -0.15) is 10.4 Å². The van der Waals surface area contributed by atoms with Crippen LogP contribution in [0.25, 0.3) is 10.9 Å². The Morgan fingerprint density at radius 1 is 1.19 bits per heavy atom. The van der Waals surface area contributed by atoms with Crippen molar-refractivity contribution in [2.75, 3.05) is 13.7 Å². The predicted octanol–water partition coefficient (Wildman–Crippen LogP) is 2.22. The number of methoxy groups -OCH3 is 1. The molecule has 0 aliphatic heterocycles. The molecule has 0 aliphatic carbocycles. The minimum Gasteiger partial charge on any atom is -0.467 e. The van der Waals surface area contributed by atoms with Gasteiger partial charge in [0.25, 0.3) is 11.8 Å². The largest absolute Gasteiger partial charge is 0.467 e. The van der Waals surface area contributed by atoms with Crippen LogP contribution in [0.5, 0.6) is 0 Å². The molecule has 0 unspecified atom stereocenters. The SMILES string of the molecule is COC(=O)[C@H](CNC(=O)OC(C)(C)C)NC(=O)c1sc(C(=O)NCc2cccc3[nH]ncc23)cc1C#N. The molecule has 0 saturated carbocycles. The number of aromatic amines is 1. The summed E-state index contributed by atoms with van der Waals surface area (Å²) in [6.07, 6.45) is 0.877. The average molecular weight is 527 g/mol. The third-order valence-corrected chi connectivity index (χ3v) is 6.07. The summed E-state index contributed by atoms with van der Waals surface area (Å²) < 4.78 is 9.83. The molecular weight excluding hydrogens is 500 g/mol. The van der Waals surface area contributed by atoms with Crippen LogP contribution in [-0.4, -0.2) is 59.4 Å². The Bertz CT molecular complexity index is 1370. The number of ether oxygens (including phenoxy) is 2. The molecule has 0 aliphatic rings. The third kappa shape index (κ3) is 7.05. The van der Waals surface area contributed by atoms with E-state index in [1.165, 1.54) is 6.07 Å². The lowest BCUT2D eigenvalue weighted by Crippen LogP contribution is -2.49. The quantitative estimate of drug-likeness (QED) is 0.323. The maximum Gasteiger partial charge on any atom is 0.407 e. The number of fused-ring (bicyclic) bond motifs is 1. The Balaban J connectivity index is 1.69. The van der Waals surface area contributed by atoms with Crippen LogP contribution in [0.4, 0.5) is 4.79 Å². The van der Waals surface area contributed by atoms with E-state index >= 15 is 0 Å². The van der Waals surface area contributed by atoms with E-state index in [0.717, 1.165) is 34.9 Å². The summed E-state index contributed by atoms with van der Waals surface area (Å²) in [5.41, 5.74) is 0.880. The molecule has 12 nitrogen and oxygen atoms in total. The molecule has 0 radical (unpaired) electrons. The topological polar surface area (TPSA) is 175 Å². The number of benzene rings is 1. The van der Waals surface area contributed by atoms with Crippen LogP contribution in [0, 0.1) is 11.3 Å². The van der Waals surface area contributed by atoms with Crippen molar-refractivity contribution >= 4 is 46.1 Å². The van der Waals surface area contributed by atoms with Crippen molar-refractivity contribution in [2.24, 2.45) is 0 Å². The molecule has 2 heterocycles. The molecule has 37 heavy (non-hydrogen) atoms. The van der Waals surface area contributed by atoms with Crippen LogP contribution in [0.1, 0.15) is 51.2 Å². The molecule has 194 valence electrons. The van der Waals surface area contributed by atoms with Gasteiger partial charge in [0.1, 0.15) is 22.6 Å². The maximum atomic E-state index is 12.9. The van der Waals surface area contributed by atoms with Gasteiger partial charge >= 0.3 is 12.1 Å². The highest BCUT2D eigenvalue weighted by Crippen LogP contribution is 2.23. The first-order valence-electron chi connectivity index (χ1n) is 11.1. The van der Waals surface area contributed by atoms with Crippen LogP contribution in [0.3, 0.4) is 0 Å². The summed E-state index contributed by atoms with van der Waals surface area (Å²) in [5, 5.41) is 24.8. The molecule has 1 atom stereocenters. The van der Waals surface area contributed by atoms with Gasteiger partial charge in [0.15, 0.2) is 0 Å². The lowest BCUT2D eigenvalue weighted by Gasteiger charge is -2.21. The summed E-state index contributed by atoms with van der Waals surface area (Å²) in [6, 6.07) is 7.48. The molecule has 3 aromatic rings. The van der Waals surface area contributed by atoms with Crippen LogP contribution < -0.4 is 16.0 Å². The van der Waals surface area contributed by atoms with Gasteiger partial charge in [-0.05, 0) is 38.5 Å². The number of rotatable bonds is 8. The van der Waals surface area contributed by atoms with Gasteiger partial charge in [-0.25, -0.2) is 9.59 Å². The van der Waals surface area contributed by atoms with Crippen molar-refractivity contribution in [3.63, 3.8) is 0 Å². The standard InChI is InChI=1S/C24H26N6O6S/c1-24(2,3)36-23(34)27-12-17(22(33)35-4)29-21(32)19-14(9-25)8-18(37-19)20(31)26-10-13-6-5-7-16-15(13)11-28-30-16/h5-8,11,17H,10,12H2,1-4H3,(H,26,31)(H,27,34)(H,28,30)(H,29,32)/t17-/m0/s1. The zero-order valence-electron chi connectivity index (χ0n) is 20.6. The number of nitrogens with one attached hydrogen (secondary N) is 4. The highest BCUT2D eigenvalue weighted by atomic mass is 32.1. The van der Waals surface area contributed by atoms with Gasteiger partial charge < -0.3 is 25.4 Å². The number of aromatic nitrogens is 2. The number of hydrogen-bond donors (Lipinski definition) is 4. The normalized spacial score (nSPS) is 11.8. The first kappa shape index (κ1) is 27.2.